The fourth-order valence-corrected chi connectivity index (χ4v) is 1.86. The van der Waals surface area contributed by atoms with Crippen LogP contribution in [0.4, 0.5) is 0 Å². The molecule has 0 saturated carbocycles. The molecule has 0 spiro atoms. The summed E-state index contributed by atoms with van der Waals surface area (Å²) in [7, 11) is 0. The molecule has 0 unspecified atom stereocenters. The molecule has 4 heteroatoms. The van der Waals surface area contributed by atoms with Crippen LogP contribution in [0, 0.1) is 0 Å². The van der Waals surface area contributed by atoms with Crippen molar-refractivity contribution in [2.45, 2.75) is 13.3 Å². The Morgan fingerprint density at radius 3 is 2.42 bits per heavy atom. The monoisotopic (exact) mass is 260 g/mol. The highest BCUT2D eigenvalue weighted by atomic mass is 16.5. The van der Waals surface area contributed by atoms with Crippen LogP contribution in [0.3, 0.4) is 0 Å². The van der Waals surface area contributed by atoms with Crippen molar-refractivity contribution in [1.82, 2.24) is 0 Å². The van der Waals surface area contributed by atoms with Gasteiger partial charge < -0.3 is 20.1 Å². The first-order valence-corrected chi connectivity index (χ1v) is 6.05. The second kappa shape index (κ2) is 5.52. The number of hydrogen-bond acceptors (Lipinski definition) is 4. The quantitative estimate of drug-likeness (QED) is 0.790. The average molecular weight is 260 g/mol. The summed E-state index contributed by atoms with van der Waals surface area (Å²) in [5.74, 6) is 0.604. The van der Waals surface area contributed by atoms with Crippen molar-refractivity contribution in [3.05, 3.63) is 47.5 Å². The number of hydrogen-bond donors (Lipinski definition) is 3. The molecule has 0 fully saturated rings. The number of ether oxygens (including phenoxy) is 1. The second-order valence-corrected chi connectivity index (χ2v) is 4.22. The third kappa shape index (κ3) is 3.10. The van der Waals surface area contributed by atoms with Gasteiger partial charge in [0.25, 0.3) is 0 Å². The van der Waals surface area contributed by atoms with Gasteiger partial charge >= 0.3 is 0 Å². The van der Waals surface area contributed by atoms with Crippen molar-refractivity contribution in [1.29, 1.82) is 0 Å². The third-order valence-electron chi connectivity index (χ3n) is 2.79. The van der Waals surface area contributed by atoms with Gasteiger partial charge in [-0.2, -0.15) is 0 Å². The third-order valence-corrected chi connectivity index (χ3v) is 2.79. The summed E-state index contributed by atoms with van der Waals surface area (Å²) in [4.78, 5) is 0. The largest absolute Gasteiger partial charge is 0.508 e. The molecular formula is C15H16O4. The first kappa shape index (κ1) is 13.1. The van der Waals surface area contributed by atoms with Crippen LogP contribution in [0.15, 0.2) is 36.4 Å². The fraction of sp³-hybridized carbons (Fsp3) is 0.200. The lowest BCUT2D eigenvalue weighted by atomic mass is 10.0. The van der Waals surface area contributed by atoms with E-state index in [9.17, 15) is 15.3 Å². The van der Waals surface area contributed by atoms with E-state index in [0.717, 1.165) is 5.56 Å². The van der Waals surface area contributed by atoms with E-state index in [1.807, 2.05) is 6.92 Å². The van der Waals surface area contributed by atoms with Gasteiger partial charge in [0.15, 0.2) is 11.5 Å². The predicted octanol–water partition coefficient (Wildman–Crippen LogP) is 2.79. The van der Waals surface area contributed by atoms with Crippen molar-refractivity contribution >= 4 is 0 Å². The van der Waals surface area contributed by atoms with Gasteiger partial charge in [-0.25, -0.2) is 0 Å². The van der Waals surface area contributed by atoms with E-state index in [-0.39, 0.29) is 17.2 Å². The Kier molecular flexibility index (Phi) is 3.80. The second-order valence-electron chi connectivity index (χ2n) is 4.22. The Morgan fingerprint density at radius 1 is 0.947 bits per heavy atom. The minimum absolute atomic E-state index is 0.0296. The molecule has 100 valence electrons. The molecule has 0 radical (unpaired) electrons. The van der Waals surface area contributed by atoms with Gasteiger partial charge in [0, 0.05) is 12.5 Å². The van der Waals surface area contributed by atoms with Gasteiger partial charge in [-0.05, 0) is 36.2 Å². The van der Waals surface area contributed by atoms with E-state index in [1.165, 1.54) is 12.1 Å². The predicted molar refractivity (Wildman–Crippen MR) is 71.9 cm³/mol. The van der Waals surface area contributed by atoms with Gasteiger partial charge in [-0.3, -0.25) is 0 Å². The molecule has 2 aromatic carbocycles. The molecule has 3 N–H and O–H groups in total. The maximum atomic E-state index is 9.74. The summed E-state index contributed by atoms with van der Waals surface area (Å²) in [5, 5.41) is 28.6. The summed E-state index contributed by atoms with van der Waals surface area (Å²) >= 11 is 0. The van der Waals surface area contributed by atoms with Gasteiger partial charge in [-0.1, -0.05) is 12.1 Å². The highest BCUT2D eigenvalue weighted by molar-refractivity contribution is 5.46. The highest BCUT2D eigenvalue weighted by Gasteiger charge is 2.07. The van der Waals surface area contributed by atoms with E-state index in [2.05, 4.69) is 0 Å². The molecule has 0 aliphatic rings. The first-order valence-electron chi connectivity index (χ1n) is 6.05. The van der Waals surface area contributed by atoms with Gasteiger partial charge in [0.2, 0.25) is 0 Å². The number of rotatable bonds is 4. The average Bonchev–Trinajstić information content (AvgIpc) is 2.37. The summed E-state index contributed by atoms with van der Waals surface area (Å²) in [6.45, 7) is 2.32. The summed E-state index contributed by atoms with van der Waals surface area (Å²) in [5.41, 5.74) is 1.60. The highest BCUT2D eigenvalue weighted by Crippen LogP contribution is 2.30. The molecule has 0 amide bonds. The zero-order valence-electron chi connectivity index (χ0n) is 10.6. The lowest BCUT2D eigenvalue weighted by Gasteiger charge is -2.09. The smallest absolute Gasteiger partial charge is 0.161 e. The molecule has 2 rings (SSSR count). The van der Waals surface area contributed by atoms with Crippen molar-refractivity contribution in [3.8, 4) is 23.0 Å². The van der Waals surface area contributed by atoms with Crippen LogP contribution in [0.5, 0.6) is 23.0 Å². The van der Waals surface area contributed by atoms with Crippen LogP contribution in [-0.4, -0.2) is 21.9 Å². The molecule has 4 nitrogen and oxygen atoms in total. The molecule has 0 aromatic heterocycles. The summed E-state index contributed by atoms with van der Waals surface area (Å²) in [6.07, 6.45) is 0.493. The van der Waals surface area contributed by atoms with E-state index in [0.29, 0.717) is 24.3 Å². The van der Waals surface area contributed by atoms with Crippen molar-refractivity contribution in [2.24, 2.45) is 0 Å². The molecule has 0 bridgehead atoms. The Balaban J connectivity index is 2.25. The van der Waals surface area contributed by atoms with E-state index >= 15 is 0 Å². The van der Waals surface area contributed by atoms with E-state index < -0.39 is 0 Å². The Hall–Kier alpha value is -2.36. The molecule has 0 heterocycles. The summed E-state index contributed by atoms with van der Waals surface area (Å²) < 4.78 is 5.31. The van der Waals surface area contributed by atoms with Crippen LogP contribution in [0.25, 0.3) is 0 Å². The van der Waals surface area contributed by atoms with Gasteiger partial charge in [0.1, 0.15) is 11.5 Å². The minimum Gasteiger partial charge on any atom is -0.508 e. The topological polar surface area (TPSA) is 69.9 Å². The van der Waals surface area contributed by atoms with Crippen LogP contribution >= 0.6 is 0 Å². The first-order chi connectivity index (χ1) is 9.10. The summed E-state index contributed by atoms with van der Waals surface area (Å²) in [6, 6.07) is 9.57. The van der Waals surface area contributed by atoms with E-state index in [1.54, 1.807) is 24.3 Å². The maximum absolute atomic E-state index is 9.74. The Bertz CT molecular complexity index is 578. The maximum Gasteiger partial charge on any atom is 0.161 e. The van der Waals surface area contributed by atoms with Crippen molar-refractivity contribution < 1.29 is 20.1 Å². The number of aromatic hydroxyl groups is 3. The zero-order chi connectivity index (χ0) is 13.8. The van der Waals surface area contributed by atoms with Crippen molar-refractivity contribution in [3.63, 3.8) is 0 Å². The fourth-order valence-electron chi connectivity index (χ4n) is 1.86. The number of benzene rings is 2. The van der Waals surface area contributed by atoms with Crippen LogP contribution < -0.4 is 4.74 Å². The minimum atomic E-state index is 0.0296. The SMILES string of the molecule is CCOc1cc(Cc2ccc(O)cc2O)ccc1O. The van der Waals surface area contributed by atoms with Gasteiger partial charge in [-0.15, -0.1) is 0 Å². The normalized spacial score (nSPS) is 10.4. The molecule has 19 heavy (non-hydrogen) atoms. The molecule has 0 saturated heterocycles. The Morgan fingerprint density at radius 2 is 1.74 bits per heavy atom. The lowest BCUT2D eigenvalue weighted by Crippen LogP contribution is -1.94. The van der Waals surface area contributed by atoms with Crippen molar-refractivity contribution in [2.75, 3.05) is 6.61 Å². The van der Waals surface area contributed by atoms with Crippen LogP contribution in [0.2, 0.25) is 0 Å². The van der Waals surface area contributed by atoms with Crippen LogP contribution in [0.1, 0.15) is 18.1 Å². The Labute approximate surface area is 111 Å². The van der Waals surface area contributed by atoms with Gasteiger partial charge in [0.05, 0.1) is 6.61 Å². The molecular weight excluding hydrogens is 244 g/mol. The molecule has 2 aromatic rings. The molecule has 0 atom stereocenters. The van der Waals surface area contributed by atoms with Crippen LogP contribution in [-0.2, 0) is 6.42 Å². The molecule has 0 aliphatic heterocycles. The zero-order valence-corrected chi connectivity index (χ0v) is 10.6. The molecule has 0 aliphatic carbocycles. The standard InChI is InChI=1S/C15H16O4/c1-2-19-15-8-10(3-6-13(15)17)7-11-4-5-12(16)9-14(11)18/h3-6,8-9,16-18H,2,7H2,1H3. The lowest BCUT2D eigenvalue weighted by molar-refractivity contribution is 0.318. The number of phenolic OH excluding ortho intramolecular Hbond substituents is 3. The van der Waals surface area contributed by atoms with E-state index in [4.69, 9.17) is 4.74 Å². The number of phenols is 3.